The van der Waals surface area contributed by atoms with Gasteiger partial charge in [0.05, 0.1) is 5.60 Å². The van der Waals surface area contributed by atoms with Crippen molar-refractivity contribution < 1.29 is 9.90 Å². The van der Waals surface area contributed by atoms with E-state index < -0.39 is 5.60 Å². The predicted octanol–water partition coefficient (Wildman–Crippen LogP) is 2.13. The molecule has 5 nitrogen and oxygen atoms in total. The number of nitrogens with zero attached hydrogens (tertiary/aromatic N) is 1. The first kappa shape index (κ1) is 15.0. The number of hydrogen-bond donors (Lipinski definition) is 3. The Hall–Kier alpha value is -1.36. The lowest BCUT2D eigenvalue weighted by Crippen LogP contribution is -2.44. The number of rotatable bonds is 3. The topological polar surface area (TPSA) is 78.0 Å². The lowest BCUT2D eigenvalue weighted by atomic mass is 9.85. The summed E-state index contributed by atoms with van der Waals surface area (Å²) in [6, 6.07) is 1.78. The van der Waals surface area contributed by atoms with Gasteiger partial charge in [0.1, 0.15) is 5.69 Å². The van der Waals surface area contributed by atoms with Crippen molar-refractivity contribution in [2.24, 2.45) is 0 Å². The quantitative estimate of drug-likeness (QED) is 0.793. The average molecular weight is 279 g/mol. The summed E-state index contributed by atoms with van der Waals surface area (Å²) in [5, 5.41) is 20.1. The van der Waals surface area contributed by atoms with Crippen molar-refractivity contribution in [1.82, 2.24) is 15.5 Å². The van der Waals surface area contributed by atoms with Crippen LogP contribution >= 0.6 is 0 Å². The molecule has 1 aromatic heterocycles. The minimum Gasteiger partial charge on any atom is -0.388 e. The fraction of sp³-hybridized carbons (Fsp3) is 0.733. The van der Waals surface area contributed by atoms with Crippen molar-refractivity contribution in [3.63, 3.8) is 0 Å². The van der Waals surface area contributed by atoms with E-state index in [1.54, 1.807) is 6.07 Å². The summed E-state index contributed by atoms with van der Waals surface area (Å²) in [5.41, 5.74) is 0.512. The Kier molecular flexibility index (Phi) is 4.18. The summed E-state index contributed by atoms with van der Waals surface area (Å²) in [7, 11) is 0. The van der Waals surface area contributed by atoms with Crippen molar-refractivity contribution in [3.05, 3.63) is 17.5 Å². The minimum absolute atomic E-state index is 0.0624. The molecule has 0 aromatic carbocycles. The number of aromatic amines is 1. The Morgan fingerprint density at radius 1 is 1.40 bits per heavy atom. The molecule has 1 aliphatic rings. The fourth-order valence-corrected chi connectivity index (χ4v) is 2.54. The highest BCUT2D eigenvalue weighted by Gasteiger charge is 2.30. The van der Waals surface area contributed by atoms with E-state index in [-0.39, 0.29) is 11.3 Å². The van der Waals surface area contributed by atoms with Gasteiger partial charge in [-0.15, -0.1) is 0 Å². The highest BCUT2D eigenvalue weighted by atomic mass is 16.3. The number of carbonyl (C=O) groups is 1. The number of aliphatic hydroxyl groups is 1. The number of hydrogen-bond acceptors (Lipinski definition) is 3. The summed E-state index contributed by atoms with van der Waals surface area (Å²) in [4.78, 5) is 12.1. The van der Waals surface area contributed by atoms with Crippen LogP contribution in [0.4, 0.5) is 0 Å². The van der Waals surface area contributed by atoms with Crippen molar-refractivity contribution in [2.75, 3.05) is 6.54 Å². The van der Waals surface area contributed by atoms with Crippen molar-refractivity contribution in [1.29, 1.82) is 0 Å². The first-order valence-electron chi connectivity index (χ1n) is 7.37. The van der Waals surface area contributed by atoms with E-state index in [2.05, 4.69) is 36.3 Å². The second-order valence-electron chi connectivity index (χ2n) is 6.88. The lowest BCUT2D eigenvalue weighted by Gasteiger charge is -2.31. The van der Waals surface area contributed by atoms with Crippen LogP contribution in [0.2, 0.25) is 0 Å². The summed E-state index contributed by atoms with van der Waals surface area (Å²) in [6.45, 7) is 6.50. The molecule has 1 saturated carbocycles. The Bertz CT molecular complexity index is 468. The van der Waals surface area contributed by atoms with Crippen molar-refractivity contribution >= 4 is 5.91 Å². The molecule has 112 valence electrons. The molecule has 0 aliphatic heterocycles. The van der Waals surface area contributed by atoms with Crippen LogP contribution in [0.1, 0.15) is 69.1 Å². The monoisotopic (exact) mass is 279 g/mol. The van der Waals surface area contributed by atoms with Crippen LogP contribution in [-0.4, -0.2) is 33.4 Å². The number of H-pyrrole nitrogens is 1. The van der Waals surface area contributed by atoms with Gasteiger partial charge in [0.2, 0.25) is 0 Å². The van der Waals surface area contributed by atoms with Crippen LogP contribution < -0.4 is 5.32 Å². The van der Waals surface area contributed by atoms with Gasteiger partial charge in [-0.05, 0) is 18.9 Å². The Labute approximate surface area is 120 Å². The van der Waals surface area contributed by atoms with Gasteiger partial charge in [-0.25, -0.2) is 0 Å². The van der Waals surface area contributed by atoms with Gasteiger partial charge in [0.15, 0.2) is 0 Å². The van der Waals surface area contributed by atoms with Gasteiger partial charge in [-0.3, -0.25) is 9.89 Å². The highest BCUT2D eigenvalue weighted by Crippen LogP contribution is 2.27. The Morgan fingerprint density at radius 2 is 2.05 bits per heavy atom. The van der Waals surface area contributed by atoms with Crippen LogP contribution in [0.5, 0.6) is 0 Å². The Balaban J connectivity index is 1.93. The van der Waals surface area contributed by atoms with Gasteiger partial charge in [0.25, 0.3) is 5.91 Å². The second kappa shape index (κ2) is 5.56. The molecule has 1 amide bonds. The SMILES string of the molecule is CC(C)(C)c1cc(C(=O)NCC2(O)CCCCC2)n[nH]1. The molecule has 3 N–H and O–H groups in total. The zero-order chi connectivity index (χ0) is 14.8. The lowest BCUT2D eigenvalue weighted by molar-refractivity contribution is 0.00521. The van der Waals surface area contributed by atoms with Gasteiger partial charge in [-0.2, -0.15) is 5.10 Å². The summed E-state index contributed by atoms with van der Waals surface area (Å²) in [6.07, 6.45) is 4.76. The van der Waals surface area contributed by atoms with E-state index in [4.69, 9.17) is 0 Å². The molecule has 5 heteroatoms. The van der Waals surface area contributed by atoms with Crippen LogP contribution in [-0.2, 0) is 5.41 Å². The van der Waals surface area contributed by atoms with Gasteiger partial charge in [0, 0.05) is 17.7 Å². The number of carbonyl (C=O) groups excluding carboxylic acids is 1. The minimum atomic E-state index is -0.739. The molecular weight excluding hydrogens is 254 g/mol. The van der Waals surface area contributed by atoms with E-state index in [9.17, 15) is 9.90 Å². The molecule has 1 aliphatic carbocycles. The number of nitrogens with one attached hydrogen (secondary N) is 2. The van der Waals surface area contributed by atoms with Crippen molar-refractivity contribution in [3.8, 4) is 0 Å². The molecule has 0 bridgehead atoms. The molecular formula is C15H25N3O2. The highest BCUT2D eigenvalue weighted by molar-refractivity contribution is 5.92. The standard InChI is InChI=1S/C15H25N3O2/c1-14(2,3)12-9-11(17-18-12)13(19)16-10-15(20)7-5-4-6-8-15/h9,20H,4-8,10H2,1-3H3,(H,16,19)(H,17,18). The summed E-state index contributed by atoms with van der Waals surface area (Å²) >= 11 is 0. The van der Waals surface area contributed by atoms with E-state index >= 15 is 0 Å². The summed E-state index contributed by atoms with van der Waals surface area (Å²) in [5.74, 6) is -0.226. The third-order valence-electron chi connectivity index (χ3n) is 3.98. The molecule has 1 aromatic rings. The van der Waals surface area contributed by atoms with E-state index in [1.165, 1.54) is 6.42 Å². The molecule has 0 saturated heterocycles. The third-order valence-corrected chi connectivity index (χ3v) is 3.98. The third kappa shape index (κ3) is 3.60. The van der Waals surface area contributed by atoms with Gasteiger partial charge < -0.3 is 10.4 Å². The maximum atomic E-state index is 12.1. The van der Waals surface area contributed by atoms with Crippen LogP contribution in [0.15, 0.2) is 6.07 Å². The van der Waals surface area contributed by atoms with Gasteiger partial charge in [-0.1, -0.05) is 40.0 Å². The van der Waals surface area contributed by atoms with Crippen LogP contribution in [0.25, 0.3) is 0 Å². The first-order chi connectivity index (χ1) is 9.30. The molecule has 20 heavy (non-hydrogen) atoms. The van der Waals surface area contributed by atoms with E-state index in [1.807, 2.05) is 0 Å². The van der Waals surface area contributed by atoms with E-state index in [0.29, 0.717) is 12.2 Å². The van der Waals surface area contributed by atoms with Crippen LogP contribution in [0.3, 0.4) is 0 Å². The fourth-order valence-electron chi connectivity index (χ4n) is 2.54. The predicted molar refractivity (Wildman–Crippen MR) is 77.7 cm³/mol. The first-order valence-corrected chi connectivity index (χ1v) is 7.37. The smallest absolute Gasteiger partial charge is 0.271 e. The zero-order valence-electron chi connectivity index (χ0n) is 12.6. The zero-order valence-corrected chi connectivity index (χ0v) is 12.6. The second-order valence-corrected chi connectivity index (χ2v) is 6.88. The molecule has 0 unspecified atom stereocenters. The van der Waals surface area contributed by atoms with Gasteiger partial charge >= 0.3 is 0 Å². The normalized spacial score (nSPS) is 18.8. The number of amides is 1. The molecule has 0 atom stereocenters. The molecule has 0 radical (unpaired) electrons. The van der Waals surface area contributed by atoms with Crippen LogP contribution in [0, 0.1) is 0 Å². The average Bonchev–Trinajstić information content (AvgIpc) is 2.86. The van der Waals surface area contributed by atoms with E-state index in [0.717, 1.165) is 31.4 Å². The molecule has 1 fully saturated rings. The van der Waals surface area contributed by atoms with Crippen molar-refractivity contribution in [2.45, 2.75) is 63.9 Å². The summed E-state index contributed by atoms with van der Waals surface area (Å²) < 4.78 is 0. The maximum Gasteiger partial charge on any atom is 0.271 e. The number of aromatic nitrogens is 2. The maximum absolute atomic E-state index is 12.1. The molecule has 1 heterocycles. The molecule has 0 spiro atoms. The Morgan fingerprint density at radius 3 is 2.60 bits per heavy atom. The largest absolute Gasteiger partial charge is 0.388 e. The molecule has 2 rings (SSSR count).